The number of rotatable bonds is 5. The van der Waals surface area contributed by atoms with Crippen LogP contribution in [0.25, 0.3) is 0 Å². The number of aromatic nitrogens is 1. The van der Waals surface area contributed by atoms with Crippen LogP contribution in [0, 0.1) is 0 Å². The summed E-state index contributed by atoms with van der Waals surface area (Å²) in [4.78, 5) is 6.01. The highest BCUT2D eigenvalue weighted by molar-refractivity contribution is 9.10. The quantitative estimate of drug-likeness (QED) is 0.730. The molecule has 0 saturated carbocycles. The van der Waals surface area contributed by atoms with E-state index in [0.29, 0.717) is 18.4 Å². The highest BCUT2D eigenvalue weighted by Gasteiger charge is 2.31. The first-order valence-corrected chi connectivity index (χ1v) is 9.50. The molecular formula is C19H21BrF3N3O. The number of methoxy groups -OCH3 is 1. The number of hydrogen-bond donors (Lipinski definition) is 1. The second kappa shape index (κ2) is 8.48. The number of ether oxygens (including phenoxy) is 1. The minimum Gasteiger partial charge on any atom is -0.496 e. The summed E-state index contributed by atoms with van der Waals surface area (Å²) in [5, 5.41) is 3.54. The maximum Gasteiger partial charge on any atom is 0.417 e. The molecule has 0 aliphatic carbocycles. The van der Waals surface area contributed by atoms with E-state index in [4.69, 9.17) is 4.74 Å². The SMILES string of the molecule is COc1ccc(Br)cc1CNC1CCN(c2ccc(C(F)(F)F)cn2)CC1. The Labute approximate surface area is 164 Å². The normalized spacial score (nSPS) is 15.8. The van der Waals surface area contributed by atoms with E-state index in [1.807, 2.05) is 23.1 Å². The summed E-state index contributed by atoms with van der Waals surface area (Å²) in [5.74, 6) is 1.44. The van der Waals surface area contributed by atoms with Crippen LogP contribution in [0.15, 0.2) is 41.0 Å². The molecule has 27 heavy (non-hydrogen) atoms. The van der Waals surface area contributed by atoms with Gasteiger partial charge >= 0.3 is 6.18 Å². The number of hydrogen-bond acceptors (Lipinski definition) is 4. The standard InChI is InChI=1S/C19H21BrF3N3O/c1-27-17-4-3-15(20)10-13(17)11-24-16-6-8-26(9-7-16)18-5-2-14(12-25-18)19(21,22)23/h2-5,10,12,16,24H,6-9,11H2,1H3. The molecule has 1 fully saturated rings. The Bertz CT molecular complexity index is 760. The minimum atomic E-state index is -4.35. The fourth-order valence-electron chi connectivity index (χ4n) is 3.19. The van der Waals surface area contributed by atoms with Gasteiger partial charge in [0.05, 0.1) is 12.7 Å². The first-order valence-electron chi connectivity index (χ1n) is 8.71. The van der Waals surface area contributed by atoms with Gasteiger partial charge in [-0.15, -0.1) is 0 Å². The Kier molecular flexibility index (Phi) is 6.26. The van der Waals surface area contributed by atoms with E-state index >= 15 is 0 Å². The van der Waals surface area contributed by atoms with Crippen LogP contribution in [-0.4, -0.2) is 31.2 Å². The Morgan fingerprint density at radius 3 is 2.56 bits per heavy atom. The van der Waals surface area contributed by atoms with E-state index < -0.39 is 11.7 Å². The molecular weight excluding hydrogens is 423 g/mol. The molecule has 1 saturated heterocycles. The van der Waals surface area contributed by atoms with Crippen LogP contribution in [0.5, 0.6) is 5.75 Å². The van der Waals surface area contributed by atoms with Crippen molar-refractivity contribution in [2.24, 2.45) is 0 Å². The summed E-state index contributed by atoms with van der Waals surface area (Å²) < 4.78 is 44.3. The zero-order chi connectivity index (χ0) is 19.4. The van der Waals surface area contributed by atoms with Crippen molar-refractivity contribution < 1.29 is 17.9 Å². The van der Waals surface area contributed by atoms with Crippen molar-refractivity contribution in [2.75, 3.05) is 25.1 Å². The lowest BCUT2D eigenvalue weighted by molar-refractivity contribution is -0.137. The number of pyridine rings is 1. The topological polar surface area (TPSA) is 37.4 Å². The van der Waals surface area contributed by atoms with Crippen LogP contribution in [0.1, 0.15) is 24.0 Å². The molecule has 4 nitrogen and oxygen atoms in total. The van der Waals surface area contributed by atoms with Gasteiger partial charge in [0.15, 0.2) is 0 Å². The number of nitrogens with zero attached hydrogens (tertiary/aromatic N) is 2. The fraction of sp³-hybridized carbons (Fsp3) is 0.421. The predicted molar refractivity (Wildman–Crippen MR) is 102 cm³/mol. The zero-order valence-electron chi connectivity index (χ0n) is 14.9. The summed E-state index contributed by atoms with van der Waals surface area (Å²) in [6.45, 7) is 2.21. The van der Waals surface area contributed by atoms with Gasteiger partial charge in [0.2, 0.25) is 0 Å². The number of piperidine rings is 1. The van der Waals surface area contributed by atoms with Gasteiger partial charge < -0.3 is 15.0 Å². The van der Waals surface area contributed by atoms with Crippen LogP contribution in [-0.2, 0) is 12.7 Å². The van der Waals surface area contributed by atoms with Gasteiger partial charge in [0.1, 0.15) is 11.6 Å². The third-order valence-electron chi connectivity index (χ3n) is 4.72. The van der Waals surface area contributed by atoms with Gasteiger partial charge in [0.25, 0.3) is 0 Å². The van der Waals surface area contributed by atoms with Crippen LogP contribution in [0.3, 0.4) is 0 Å². The number of halogens is 4. The lowest BCUT2D eigenvalue weighted by Crippen LogP contribution is -2.42. The maximum absolute atomic E-state index is 12.6. The highest BCUT2D eigenvalue weighted by atomic mass is 79.9. The van der Waals surface area contributed by atoms with E-state index in [9.17, 15) is 13.2 Å². The van der Waals surface area contributed by atoms with Crippen molar-refractivity contribution in [3.05, 3.63) is 52.1 Å². The Balaban J connectivity index is 1.53. The molecule has 146 valence electrons. The van der Waals surface area contributed by atoms with Gasteiger partial charge in [-0.1, -0.05) is 15.9 Å². The smallest absolute Gasteiger partial charge is 0.417 e. The zero-order valence-corrected chi connectivity index (χ0v) is 16.5. The average molecular weight is 444 g/mol. The number of anilines is 1. The molecule has 0 amide bonds. The minimum absolute atomic E-state index is 0.347. The van der Waals surface area contributed by atoms with Crippen LogP contribution in [0.4, 0.5) is 19.0 Å². The van der Waals surface area contributed by atoms with E-state index in [1.165, 1.54) is 6.07 Å². The van der Waals surface area contributed by atoms with Crippen molar-refractivity contribution in [1.82, 2.24) is 10.3 Å². The molecule has 3 rings (SSSR count). The second-order valence-corrected chi connectivity index (χ2v) is 7.42. The number of nitrogens with one attached hydrogen (secondary N) is 1. The van der Waals surface area contributed by atoms with Gasteiger partial charge in [-0.05, 0) is 43.2 Å². The van der Waals surface area contributed by atoms with Crippen LogP contribution in [0.2, 0.25) is 0 Å². The first-order chi connectivity index (χ1) is 12.9. The van der Waals surface area contributed by atoms with Gasteiger partial charge in [-0.2, -0.15) is 13.2 Å². The molecule has 0 unspecified atom stereocenters. The van der Waals surface area contributed by atoms with Crippen LogP contribution < -0.4 is 15.0 Å². The van der Waals surface area contributed by atoms with Crippen molar-refractivity contribution in [3.8, 4) is 5.75 Å². The molecule has 0 atom stereocenters. The summed E-state index contributed by atoms with van der Waals surface area (Å²) in [6.07, 6.45) is -1.65. The Morgan fingerprint density at radius 2 is 1.96 bits per heavy atom. The Morgan fingerprint density at radius 1 is 1.22 bits per heavy atom. The molecule has 1 aromatic carbocycles. The molecule has 0 bridgehead atoms. The van der Waals surface area contributed by atoms with Crippen molar-refractivity contribution in [3.63, 3.8) is 0 Å². The average Bonchev–Trinajstić information content (AvgIpc) is 2.66. The number of benzene rings is 1. The van der Waals surface area contributed by atoms with E-state index in [2.05, 4.69) is 26.2 Å². The molecule has 8 heteroatoms. The third kappa shape index (κ3) is 5.13. The Hall–Kier alpha value is -1.80. The summed E-state index contributed by atoms with van der Waals surface area (Å²) in [7, 11) is 1.66. The molecule has 0 spiro atoms. The summed E-state index contributed by atoms with van der Waals surface area (Å²) in [5.41, 5.74) is 0.365. The van der Waals surface area contributed by atoms with E-state index in [-0.39, 0.29) is 0 Å². The molecule has 1 aromatic heterocycles. The third-order valence-corrected chi connectivity index (χ3v) is 5.21. The molecule has 0 radical (unpaired) electrons. The lowest BCUT2D eigenvalue weighted by atomic mass is 10.0. The molecule has 2 heterocycles. The summed E-state index contributed by atoms with van der Waals surface area (Å²) in [6, 6.07) is 8.79. The molecule has 1 aliphatic rings. The fourth-order valence-corrected chi connectivity index (χ4v) is 3.60. The van der Waals surface area contributed by atoms with Gasteiger partial charge in [-0.25, -0.2) is 4.98 Å². The van der Waals surface area contributed by atoms with Crippen molar-refractivity contribution in [1.29, 1.82) is 0 Å². The van der Waals surface area contributed by atoms with Crippen molar-refractivity contribution in [2.45, 2.75) is 31.6 Å². The summed E-state index contributed by atoms with van der Waals surface area (Å²) >= 11 is 3.48. The predicted octanol–water partition coefficient (Wildman–Crippen LogP) is 4.63. The second-order valence-electron chi connectivity index (χ2n) is 6.50. The largest absolute Gasteiger partial charge is 0.496 e. The first kappa shape index (κ1) is 19.9. The van der Waals surface area contributed by atoms with Gasteiger partial charge in [-0.3, -0.25) is 0 Å². The monoisotopic (exact) mass is 443 g/mol. The van der Waals surface area contributed by atoms with E-state index in [0.717, 1.165) is 54.0 Å². The molecule has 1 N–H and O–H groups in total. The van der Waals surface area contributed by atoms with Gasteiger partial charge in [0, 0.05) is 41.9 Å². The number of alkyl halides is 3. The van der Waals surface area contributed by atoms with Crippen molar-refractivity contribution >= 4 is 21.7 Å². The molecule has 2 aromatic rings. The lowest BCUT2D eigenvalue weighted by Gasteiger charge is -2.33. The molecule has 1 aliphatic heterocycles. The van der Waals surface area contributed by atoms with Crippen LogP contribution >= 0.6 is 15.9 Å². The van der Waals surface area contributed by atoms with E-state index in [1.54, 1.807) is 7.11 Å². The highest BCUT2D eigenvalue weighted by Crippen LogP contribution is 2.30. The maximum atomic E-state index is 12.6.